The van der Waals surface area contributed by atoms with Crippen LogP contribution in [-0.4, -0.2) is 19.7 Å². The maximum Gasteiger partial charge on any atom is 0.122 e. The van der Waals surface area contributed by atoms with Crippen LogP contribution in [0.5, 0.6) is 5.75 Å². The van der Waals surface area contributed by atoms with Crippen LogP contribution in [0.4, 0.5) is 0 Å². The second kappa shape index (κ2) is 6.17. The van der Waals surface area contributed by atoms with Crippen molar-refractivity contribution in [3.05, 3.63) is 29.8 Å². The average Bonchev–Trinajstić information content (AvgIpc) is 3.08. The number of nitrogens with one attached hydrogen (secondary N) is 1. The summed E-state index contributed by atoms with van der Waals surface area (Å²) in [6.07, 6.45) is 8.11. The first-order valence-electron chi connectivity index (χ1n) is 8.25. The molecule has 3 rings (SSSR count). The molecule has 0 radical (unpaired) electrons. The zero-order chi connectivity index (χ0) is 13.8. The zero-order valence-electron chi connectivity index (χ0n) is 12.7. The summed E-state index contributed by atoms with van der Waals surface area (Å²) in [7, 11) is 0. The van der Waals surface area contributed by atoms with E-state index >= 15 is 0 Å². The normalized spacial score (nSPS) is 23.6. The molecule has 1 aliphatic carbocycles. The van der Waals surface area contributed by atoms with Crippen molar-refractivity contribution >= 4 is 0 Å². The minimum atomic E-state index is 0.515. The molecular formula is C18H27NO. The van der Waals surface area contributed by atoms with Crippen molar-refractivity contribution < 1.29 is 4.74 Å². The van der Waals surface area contributed by atoms with Gasteiger partial charge in [0, 0.05) is 18.0 Å². The Labute approximate surface area is 122 Å². The Balaban J connectivity index is 1.68. The molecule has 2 nitrogen and oxygen atoms in total. The Morgan fingerprint density at radius 2 is 2.05 bits per heavy atom. The van der Waals surface area contributed by atoms with Crippen molar-refractivity contribution in [3.8, 4) is 5.75 Å². The van der Waals surface area contributed by atoms with Crippen molar-refractivity contribution in [2.45, 2.75) is 51.4 Å². The summed E-state index contributed by atoms with van der Waals surface area (Å²) in [5, 5.41) is 3.67. The van der Waals surface area contributed by atoms with Gasteiger partial charge in [-0.3, -0.25) is 0 Å². The van der Waals surface area contributed by atoms with Gasteiger partial charge in [0.2, 0.25) is 0 Å². The summed E-state index contributed by atoms with van der Waals surface area (Å²) >= 11 is 0. The van der Waals surface area contributed by atoms with Crippen LogP contribution in [0.2, 0.25) is 0 Å². The van der Waals surface area contributed by atoms with E-state index in [1.807, 2.05) is 0 Å². The highest BCUT2D eigenvalue weighted by molar-refractivity contribution is 5.39. The van der Waals surface area contributed by atoms with Gasteiger partial charge >= 0.3 is 0 Å². The molecule has 1 N–H and O–H groups in total. The number of rotatable bonds is 6. The largest absolute Gasteiger partial charge is 0.493 e. The molecule has 1 saturated carbocycles. The van der Waals surface area contributed by atoms with E-state index < -0.39 is 0 Å². The van der Waals surface area contributed by atoms with Gasteiger partial charge in [-0.1, -0.05) is 38.0 Å². The summed E-state index contributed by atoms with van der Waals surface area (Å²) in [4.78, 5) is 0. The third-order valence-electron chi connectivity index (χ3n) is 5.07. The van der Waals surface area contributed by atoms with E-state index in [0.717, 1.165) is 18.9 Å². The second-order valence-electron chi connectivity index (χ2n) is 6.63. The molecule has 1 aliphatic heterocycles. The van der Waals surface area contributed by atoms with E-state index in [0.29, 0.717) is 11.3 Å². The van der Waals surface area contributed by atoms with E-state index in [9.17, 15) is 0 Å². The number of para-hydroxylation sites is 1. The third kappa shape index (κ3) is 2.85. The van der Waals surface area contributed by atoms with Crippen molar-refractivity contribution in [2.24, 2.45) is 5.41 Å². The quantitative estimate of drug-likeness (QED) is 0.787. The second-order valence-corrected chi connectivity index (χ2v) is 6.63. The van der Waals surface area contributed by atoms with E-state index in [4.69, 9.17) is 4.74 Å². The fourth-order valence-corrected chi connectivity index (χ4v) is 4.03. The van der Waals surface area contributed by atoms with Gasteiger partial charge in [-0.15, -0.1) is 0 Å². The van der Waals surface area contributed by atoms with Crippen LogP contribution < -0.4 is 10.1 Å². The standard InChI is InChI=1S/C18H27NO/c1-2-11-19-14-18(9-5-6-10-18)12-15-13-20-17-8-4-3-7-16(15)17/h3-4,7-8,15,19H,2,5-6,9-14H2,1H3. The van der Waals surface area contributed by atoms with Crippen LogP contribution in [0.25, 0.3) is 0 Å². The van der Waals surface area contributed by atoms with Crippen molar-refractivity contribution in [2.75, 3.05) is 19.7 Å². The summed E-state index contributed by atoms with van der Waals surface area (Å²) < 4.78 is 5.87. The van der Waals surface area contributed by atoms with Crippen LogP contribution in [0.1, 0.15) is 56.9 Å². The molecule has 1 fully saturated rings. The van der Waals surface area contributed by atoms with Gasteiger partial charge in [0.25, 0.3) is 0 Å². The molecule has 110 valence electrons. The lowest BCUT2D eigenvalue weighted by Gasteiger charge is -2.32. The third-order valence-corrected chi connectivity index (χ3v) is 5.07. The number of ether oxygens (including phenoxy) is 1. The smallest absolute Gasteiger partial charge is 0.122 e. The van der Waals surface area contributed by atoms with Crippen molar-refractivity contribution in [1.82, 2.24) is 5.32 Å². The SMILES string of the molecule is CCCNCC1(CC2COc3ccccc32)CCCC1. The first-order valence-corrected chi connectivity index (χ1v) is 8.25. The predicted octanol–water partition coefficient (Wildman–Crippen LogP) is 4.11. The van der Waals surface area contributed by atoms with E-state index in [2.05, 4.69) is 36.5 Å². The molecule has 20 heavy (non-hydrogen) atoms. The first-order chi connectivity index (χ1) is 9.83. The zero-order valence-corrected chi connectivity index (χ0v) is 12.7. The fourth-order valence-electron chi connectivity index (χ4n) is 4.03. The lowest BCUT2D eigenvalue weighted by molar-refractivity contribution is 0.216. The van der Waals surface area contributed by atoms with Gasteiger partial charge in [-0.25, -0.2) is 0 Å². The van der Waals surface area contributed by atoms with E-state index in [1.54, 1.807) is 0 Å². The molecule has 0 saturated heterocycles. The molecule has 1 aromatic carbocycles. The fraction of sp³-hybridized carbons (Fsp3) is 0.667. The molecule has 0 bridgehead atoms. The average molecular weight is 273 g/mol. The van der Waals surface area contributed by atoms with Crippen LogP contribution in [-0.2, 0) is 0 Å². The number of hydrogen-bond acceptors (Lipinski definition) is 2. The Hall–Kier alpha value is -1.02. The Kier molecular flexibility index (Phi) is 4.30. The Bertz CT molecular complexity index is 437. The first kappa shape index (κ1) is 13.9. The number of hydrogen-bond donors (Lipinski definition) is 1. The van der Waals surface area contributed by atoms with Crippen LogP contribution >= 0.6 is 0 Å². The maximum absolute atomic E-state index is 5.87. The number of benzene rings is 1. The molecule has 1 aromatic rings. The van der Waals surface area contributed by atoms with Gasteiger partial charge in [0.05, 0.1) is 6.61 Å². The van der Waals surface area contributed by atoms with Gasteiger partial charge in [0.15, 0.2) is 0 Å². The molecule has 1 heterocycles. The summed E-state index contributed by atoms with van der Waals surface area (Å²) in [6.45, 7) is 5.48. The van der Waals surface area contributed by atoms with Gasteiger partial charge < -0.3 is 10.1 Å². The van der Waals surface area contributed by atoms with Gasteiger partial charge in [-0.05, 0) is 43.7 Å². The van der Waals surface area contributed by atoms with Crippen molar-refractivity contribution in [3.63, 3.8) is 0 Å². The molecular weight excluding hydrogens is 246 g/mol. The summed E-state index contributed by atoms with van der Waals surface area (Å²) in [5.74, 6) is 1.72. The van der Waals surface area contributed by atoms with E-state index in [-0.39, 0.29) is 0 Å². The maximum atomic E-state index is 5.87. The molecule has 2 aliphatic rings. The minimum absolute atomic E-state index is 0.515. The van der Waals surface area contributed by atoms with Crippen LogP contribution in [0.15, 0.2) is 24.3 Å². The molecule has 2 heteroatoms. The highest BCUT2D eigenvalue weighted by Crippen LogP contribution is 2.47. The molecule has 0 aromatic heterocycles. The van der Waals surface area contributed by atoms with Crippen LogP contribution in [0, 0.1) is 5.41 Å². The van der Waals surface area contributed by atoms with Gasteiger partial charge in [-0.2, -0.15) is 0 Å². The Morgan fingerprint density at radius 1 is 1.25 bits per heavy atom. The minimum Gasteiger partial charge on any atom is -0.493 e. The molecule has 1 atom stereocenters. The lowest BCUT2D eigenvalue weighted by atomic mass is 9.76. The van der Waals surface area contributed by atoms with E-state index in [1.165, 1.54) is 50.6 Å². The highest BCUT2D eigenvalue weighted by Gasteiger charge is 2.38. The number of fused-ring (bicyclic) bond motifs is 1. The van der Waals surface area contributed by atoms with Crippen LogP contribution in [0.3, 0.4) is 0 Å². The summed E-state index contributed by atoms with van der Waals surface area (Å²) in [6, 6.07) is 8.60. The monoisotopic (exact) mass is 273 g/mol. The Morgan fingerprint density at radius 3 is 2.85 bits per heavy atom. The highest BCUT2D eigenvalue weighted by atomic mass is 16.5. The van der Waals surface area contributed by atoms with Gasteiger partial charge in [0.1, 0.15) is 5.75 Å². The topological polar surface area (TPSA) is 21.3 Å². The van der Waals surface area contributed by atoms with Crippen molar-refractivity contribution in [1.29, 1.82) is 0 Å². The summed E-state index contributed by atoms with van der Waals surface area (Å²) in [5.41, 5.74) is 1.95. The molecule has 0 amide bonds. The predicted molar refractivity (Wildman–Crippen MR) is 83.4 cm³/mol. The lowest BCUT2D eigenvalue weighted by Crippen LogP contribution is -2.34. The molecule has 0 spiro atoms. The molecule has 1 unspecified atom stereocenters.